The van der Waals surface area contributed by atoms with E-state index < -0.39 is 23.2 Å². The van der Waals surface area contributed by atoms with Crippen molar-refractivity contribution in [3.05, 3.63) is 27.9 Å². The molecule has 0 bridgehead atoms. The van der Waals surface area contributed by atoms with Gasteiger partial charge in [-0.3, -0.25) is 4.79 Å². The Kier molecular flexibility index (Phi) is 4.21. The number of halogens is 3. The molecule has 0 unspecified atom stereocenters. The molecule has 1 aliphatic rings. The average Bonchev–Trinajstić information content (AvgIpc) is 2.65. The van der Waals surface area contributed by atoms with Crippen LogP contribution in [0, 0.1) is 0 Å². The van der Waals surface area contributed by atoms with E-state index in [1.807, 2.05) is 0 Å². The number of aromatic nitrogens is 2. The Morgan fingerprint density at radius 1 is 1.41 bits per heavy atom. The molecule has 2 rings (SSSR count). The number of H-pyrrole nitrogens is 1. The minimum atomic E-state index is -2.74. The summed E-state index contributed by atoms with van der Waals surface area (Å²) in [5, 5.41) is 0. The van der Waals surface area contributed by atoms with Gasteiger partial charge in [0, 0.05) is 6.07 Å². The fraction of sp³-hybridized carbons (Fsp3) is 0.600. The van der Waals surface area contributed by atoms with Gasteiger partial charge in [0.05, 0.1) is 5.54 Å². The summed E-state index contributed by atoms with van der Waals surface area (Å²) in [6.07, 6.45) is 0.454. The van der Waals surface area contributed by atoms with Crippen molar-refractivity contribution in [1.29, 1.82) is 0 Å². The van der Waals surface area contributed by atoms with Crippen LogP contribution >= 0.6 is 12.4 Å². The van der Waals surface area contributed by atoms with Crippen LogP contribution in [-0.2, 0) is 5.54 Å². The van der Waals surface area contributed by atoms with E-state index in [0.29, 0.717) is 12.8 Å². The Morgan fingerprint density at radius 2 is 2.00 bits per heavy atom. The lowest BCUT2D eigenvalue weighted by Gasteiger charge is -2.22. The molecule has 17 heavy (non-hydrogen) atoms. The van der Waals surface area contributed by atoms with Gasteiger partial charge in [0.15, 0.2) is 0 Å². The van der Waals surface area contributed by atoms with Crippen LogP contribution in [-0.4, -0.2) is 9.97 Å². The summed E-state index contributed by atoms with van der Waals surface area (Å²) in [5.41, 5.74) is 4.22. The van der Waals surface area contributed by atoms with Crippen molar-refractivity contribution in [1.82, 2.24) is 9.97 Å². The van der Waals surface area contributed by atoms with Gasteiger partial charge in [0.25, 0.3) is 12.0 Å². The lowest BCUT2D eigenvalue weighted by atomic mass is 9.98. The first kappa shape index (κ1) is 14.1. The van der Waals surface area contributed by atoms with Crippen molar-refractivity contribution in [3.8, 4) is 0 Å². The van der Waals surface area contributed by atoms with Gasteiger partial charge in [-0.1, -0.05) is 12.8 Å². The fourth-order valence-electron chi connectivity index (χ4n) is 2.07. The van der Waals surface area contributed by atoms with E-state index >= 15 is 0 Å². The van der Waals surface area contributed by atoms with Crippen molar-refractivity contribution in [2.75, 3.05) is 0 Å². The number of hydrogen-bond donors (Lipinski definition) is 2. The van der Waals surface area contributed by atoms with E-state index in [2.05, 4.69) is 9.97 Å². The molecule has 4 nitrogen and oxygen atoms in total. The molecule has 1 aliphatic carbocycles. The molecule has 1 aromatic heterocycles. The van der Waals surface area contributed by atoms with Gasteiger partial charge in [0.2, 0.25) is 0 Å². The van der Waals surface area contributed by atoms with Crippen LogP contribution in [0.25, 0.3) is 0 Å². The van der Waals surface area contributed by atoms with E-state index in [4.69, 9.17) is 5.73 Å². The lowest BCUT2D eigenvalue weighted by Crippen LogP contribution is -2.37. The Morgan fingerprint density at radius 3 is 2.53 bits per heavy atom. The van der Waals surface area contributed by atoms with E-state index in [0.717, 1.165) is 18.9 Å². The van der Waals surface area contributed by atoms with E-state index in [9.17, 15) is 13.6 Å². The number of alkyl halides is 2. The molecule has 96 valence electrons. The first-order valence-electron chi connectivity index (χ1n) is 5.20. The highest BCUT2D eigenvalue weighted by atomic mass is 35.5. The second-order valence-electron chi connectivity index (χ2n) is 4.18. The van der Waals surface area contributed by atoms with Crippen LogP contribution in [0.15, 0.2) is 10.9 Å². The summed E-state index contributed by atoms with van der Waals surface area (Å²) < 4.78 is 25.0. The topological polar surface area (TPSA) is 71.8 Å². The molecule has 1 heterocycles. The SMILES string of the molecule is Cl.NC1(c2nc(C(F)F)cc(=O)[nH]2)CCCC1. The minimum Gasteiger partial charge on any atom is -0.319 e. The third-order valence-electron chi connectivity index (χ3n) is 2.95. The Hall–Kier alpha value is -1.01. The van der Waals surface area contributed by atoms with Crippen LogP contribution in [0.1, 0.15) is 43.6 Å². The number of nitrogens with one attached hydrogen (secondary N) is 1. The van der Waals surface area contributed by atoms with Crippen LogP contribution in [0.2, 0.25) is 0 Å². The first-order chi connectivity index (χ1) is 7.51. The number of nitrogens with two attached hydrogens (primary N) is 1. The monoisotopic (exact) mass is 265 g/mol. The minimum absolute atomic E-state index is 0. The number of hydrogen-bond acceptors (Lipinski definition) is 3. The van der Waals surface area contributed by atoms with E-state index in [-0.39, 0.29) is 18.2 Å². The summed E-state index contributed by atoms with van der Waals surface area (Å²) in [7, 11) is 0. The lowest BCUT2D eigenvalue weighted by molar-refractivity contribution is 0.144. The third-order valence-corrected chi connectivity index (χ3v) is 2.95. The summed E-state index contributed by atoms with van der Waals surface area (Å²) in [4.78, 5) is 17.4. The third kappa shape index (κ3) is 2.81. The maximum absolute atomic E-state index is 12.5. The van der Waals surface area contributed by atoms with Crippen LogP contribution in [0.4, 0.5) is 8.78 Å². The van der Waals surface area contributed by atoms with Crippen molar-refractivity contribution >= 4 is 12.4 Å². The molecule has 1 saturated carbocycles. The van der Waals surface area contributed by atoms with Crippen molar-refractivity contribution in [2.45, 2.75) is 37.6 Å². The van der Waals surface area contributed by atoms with Crippen LogP contribution in [0.3, 0.4) is 0 Å². The molecule has 0 aliphatic heterocycles. The predicted molar refractivity (Wildman–Crippen MR) is 61.4 cm³/mol. The number of nitrogens with zero attached hydrogens (tertiary/aromatic N) is 1. The van der Waals surface area contributed by atoms with Gasteiger partial charge in [-0.05, 0) is 12.8 Å². The molecule has 0 aromatic carbocycles. The molecule has 0 radical (unpaired) electrons. The van der Waals surface area contributed by atoms with Gasteiger partial charge >= 0.3 is 0 Å². The quantitative estimate of drug-likeness (QED) is 0.857. The van der Waals surface area contributed by atoms with Crippen LogP contribution in [0.5, 0.6) is 0 Å². The molecule has 0 amide bonds. The summed E-state index contributed by atoms with van der Waals surface area (Å²) in [6.45, 7) is 0. The fourth-order valence-corrected chi connectivity index (χ4v) is 2.07. The zero-order chi connectivity index (χ0) is 11.8. The van der Waals surface area contributed by atoms with Crippen LogP contribution < -0.4 is 11.3 Å². The normalized spacial score (nSPS) is 18.1. The smallest absolute Gasteiger partial charge is 0.280 e. The summed E-state index contributed by atoms with van der Waals surface area (Å²) in [6, 6.07) is 0.812. The zero-order valence-electron chi connectivity index (χ0n) is 9.08. The van der Waals surface area contributed by atoms with Gasteiger partial charge in [0.1, 0.15) is 11.5 Å². The number of aromatic amines is 1. The molecule has 0 atom stereocenters. The van der Waals surface area contributed by atoms with Gasteiger partial charge < -0.3 is 10.7 Å². The Bertz CT molecular complexity index is 443. The molecule has 0 saturated heterocycles. The summed E-state index contributed by atoms with van der Waals surface area (Å²) >= 11 is 0. The average molecular weight is 266 g/mol. The molecular formula is C10H14ClF2N3O. The molecular weight excluding hydrogens is 252 g/mol. The van der Waals surface area contributed by atoms with E-state index in [1.165, 1.54) is 0 Å². The molecule has 7 heteroatoms. The highest BCUT2D eigenvalue weighted by Gasteiger charge is 2.34. The Balaban J connectivity index is 0.00000144. The van der Waals surface area contributed by atoms with Crippen molar-refractivity contribution in [2.24, 2.45) is 5.73 Å². The Labute approximate surface area is 103 Å². The number of rotatable bonds is 2. The standard InChI is InChI=1S/C10H13F2N3O.ClH/c11-8(12)6-5-7(16)15-9(14-6)10(13)3-1-2-4-10;/h5,8H,1-4,13H2,(H,14,15,16);1H. The van der Waals surface area contributed by atoms with E-state index in [1.54, 1.807) is 0 Å². The maximum Gasteiger partial charge on any atom is 0.280 e. The van der Waals surface area contributed by atoms with Gasteiger partial charge in [-0.15, -0.1) is 12.4 Å². The van der Waals surface area contributed by atoms with Gasteiger partial charge in [-0.25, -0.2) is 13.8 Å². The highest BCUT2D eigenvalue weighted by Crippen LogP contribution is 2.34. The van der Waals surface area contributed by atoms with Gasteiger partial charge in [-0.2, -0.15) is 0 Å². The largest absolute Gasteiger partial charge is 0.319 e. The van der Waals surface area contributed by atoms with Crippen molar-refractivity contribution < 1.29 is 8.78 Å². The second kappa shape index (κ2) is 5.10. The summed E-state index contributed by atoms with van der Waals surface area (Å²) in [5.74, 6) is 0.188. The molecule has 1 aromatic rings. The second-order valence-corrected chi connectivity index (χ2v) is 4.18. The predicted octanol–water partition coefficient (Wildman–Crippen LogP) is 1.86. The molecule has 1 fully saturated rings. The maximum atomic E-state index is 12.5. The highest BCUT2D eigenvalue weighted by molar-refractivity contribution is 5.85. The molecule has 0 spiro atoms. The van der Waals surface area contributed by atoms with Crippen molar-refractivity contribution in [3.63, 3.8) is 0 Å². The zero-order valence-corrected chi connectivity index (χ0v) is 9.90. The first-order valence-corrected chi connectivity index (χ1v) is 5.20. The molecule has 3 N–H and O–H groups in total.